The van der Waals surface area contributed by atoms with Crippen molar-refractivity contribution in [2.45, 2.75) is 25.7 Å². The van der Waals surface area contributed by atoms with E-state index in [0.29, 0.717) is 21.2 Å². The van der Waals surface area contributed by atoms with E-state index in [0.717, 1.165) is 42.5 Å². The number of anilines is 2. The van der Waals surface area contributed by atoms with Crippen molar-refractivity contribution >= 4 is 51.0 Å². The van der Waals surface area contributed by atoms with Gasteiger partial charge in [-0.1, -0.05) is 24.3 Å². The summed E-state index contributed by atoms with van der Waals surface area (Å²) in [6.45, 7) is 0. The molecule has 2 N–H and O–H groups in total. The van der Waals surface area contributed by atoms with Crippen molar-refractivity contribution in [3.05, 3.63) is 74.6 Å². The lowest BCUT2D eigenvalue weighted by molar-refractivity contribution is -0.384. The second-order valence-corrected chi connectivity index (χ2v) is 8.85. The van der Waals surface area contributed by atoms with E-state index in [9.17, 15) is 14.9 Å². The first-order valence-corrected chi connectivity index (χ1v) is 11.3. The van der Waals surface area contributed by atoms with E-state index >= 15 is 0 Å². The molecule has 0 amide bonds. The number of carbonyl (C=O) groups excluding carboxylic acids is 1. The number of methoxy groups -OCH3 is 1. The number of nitro groups is 1. The van der Waals surface area contributed by atoms with Crippen LogP contribution in [0.4, 0.5) is 16.4 Å². The standard InChI is InChI=1S/C23H21N3O4S2/c1-30-22(27)20-17-7-3-5-9-19(17)32-21(20)25-23(31)24-15-12-10-14(11-13-15)16-6-2-4-8-18(16)26(28)29/h2,4,6,8,10-13H,3,5,7,9H2,1H3,(H2,24,25,31). The summed E-state index contributed by atoms with van der Waals surface area (Å²) in [6, 6.07) is 13.8. The van der Waals surface area contributed by atoms with E-state index in [-0.39, 0.29) is 16.6 Å². The third-order valence-electron chi connectivity index (χ3n) is 5.34. The predicted molar refractivity (Wildman–Crippen MR) is 131 cm³/mol. The van der Waals surface area contributed by atoms with E-state index in [1.165, 1.54) is 18.1 Å². The number of aryl methyl sites for hydroxylation is 1. The van der Waals surface area contributed by atoms with Crippen LogP contribution < -0.4 is 10.6 Å². The minimum atomic E-state index is -0.389. The second-order valence-electron chi connectivity index (χ2n) is 7.34. The second kappa shape index (κ2) is 9.46. The maximum absolute atomic E-state index is 12.4. The molecule has 0 saturated heterocycles. The number of hydrogen-bond donors (Lipinski definition) is 2. The minimum absolute atomic E-state index is 0.0578. The van der Waals surface area contributed by atoms with Gasteiger partial charge in [-0.25, -0.2) is 4.79 Å². The Labute approximate surface area is 194 Å². The van der Waals surface area contributed by atoms with Gasteiger partial charge in [0.25, 0.3) is 5.69 Å². The number of nitrogens with zero attached hydrogens (tertiary/aromatic N) is 1. The Bertz CT molecular complexity index is 1190. The Morgan fingerprint density at radius 2 is 1.81 bits per heavy atom. The van der Waals surface area contributed by atoms with Gasteiger partial charge in [0.2, 0.25) is 0 Å². The Morgan fingerprint density at radius 1 is 1.09 bits per heavy atom. The van der Waals surface area contributed by atoms with Gasteiger partial charge in [-0.3, -0.25) is 10.1 Å². The summed E-state index contributed by atoms with van der Waals surface area (Å²) in [6.07, 6.45) is 3.99. The fourth-order valence-electron chi connectivity index (χ4n) is 3.85. The first-order chi connectivity index (χ1) is 15.5. The highest BCUT2D eigenvalue weighted by molar-refractivity contribution is 7.80. The molecule has 0 bridgehead atoms. The number of esters is 1. The highest BCUT2D eigenvalue weighted by Gasteiger charge is 2.26. The zero-order valence-corrected chi connectivity index (χ0v) is 19.0. The summed E-state index contributed by atoms with van der Waals surface area (Å²) in [4.78, 5) is 24.5. The van der Waals surface area contributed by atoms with Crippen molar-refractivity contribution < 1.29 is 14.5 Å². The summed E-state index contributed by atoms with van der Waals surface area (Å²) in [5.41, 5.74) is 3.71. The molecule has 0 spiro atoms. The largest absolute Gasteiger partial charge is 0.465 e. The lowest BCUT2D eigenvalue weighted by Gasteiger charge is -2.13. The summed E-state index contributed by atoms with van der Waals surface area (Å²) in [7, 11) is 1.38. The van der Waals surface area contributed by atoms with Crippen molar-refractivity contribution in [1.82, 2.24) is 0 Å². The predicted octanol–water partition coefficient (Wildman–Crippen LogP) is 5.80. The van der Waals surface area contributed by atoms with Crippen LogP contribution in [0.3, 0.4) is 0 Å². The molecule has 9 heteroatoms. The van der Waals surface area contributed by atoms with E-state index in [1.807, 2.05) is 0 Å². The van der Waals surface area contributed by atoms with Gasteiger partial charge in [0.05, 0.1) is 23.2 Å². The van der Waals surface area contributed by atoms with Crippen LogP contribution in [0, 0.1) is 10.1 Å². The molecular formula is C23H21N3O4S2. The van der Waals surface area contributed by atoms with Crippen LogP contribution in [0.5, 0.6) is 0 Å². The lowest BCUT2D eigenvalue weighted by Crippen LogP contribution is -2.20. The highest BCUT2D eigenvalue weighted by Crippen LogP contribution is 2.38. The van der Waals surface area contributed by atoms with Crippen LogP contribution in [-0.2, 0) is 17.6 Å². The van der Waals surface area contributed by atoms with Crippen LogP contribution in [0.25, 0.3) is 11.1 Å². The molecule has 1 aliphatic rings. The average Bonchev–Trinajstić information content (AvgIpc) is 3.16. The van der Waals surface area contributed by atoms with Crippen LogP contribution in [0.1, 0.15) is 33.6 Å². The average molecular weight is 468 g/mol. The highest BCUT2D eigenvalue weighted by atomic mass is 32.1. The molecule has 4 rings (SSSR count). The molecule has 0 aliphatic heterocycles. The summed E-state index contributed by atoms with van der Waals surface area (Å²) < 4.78 is 5.00. The van der Waals surface area contributed by atoms with E-state index in [2.05, 4.69) is 10.6 Å². The third-order valence-corrected chi connectivity index (χ3v) is 6.75. The minimum Gasteiger partial charge on any atom is -0.465 e. The van der Waals surface area contributed by atoms with Crippen LogP contribution in [0.2, 0.25) is 0 Å². The van der Waals surface area contributed by atoms with E-state index < -0.39 is 0 Å². The van der Waals surface area contributed by atoms with Crippen molar-refractivity contribution in [3.63, 3.8) is 0 Å². The molecule has 0 saturated carbocycles. The summed E-state index contributed by atoms with van der Waals surface area (Å²) in [5.74, 6) is -0.358. The summed E-state index contributed by atoms with van der Waals surface area (Å²) >= 11 is 7.01. The number of thiocarbonyl (C=S) groups is 1. The quantitative estimate of drug-likeness (QED) is 0.212. The number of hydrogen-bond acceptors (Lipinski definition) is 6. The smallest absolute Gasteiger partial charge is 0.341 e. The number of fused-ring (bicyclic) bond motifs is 1. The molecule has 164 valence electrons. The topological polar surface area (TPSA) is 93.5 Å². The van der Waals surface area contributed by atoms with Gasteiger partial charge in [-0.15, -0.1) is 11.3 Å². The molecule has 0 atom stereocenters. The molecule has 1 aromatic heterocycles. The monoisotopic (exact) mass is 467 g/mol. The van der Waals surface area contributed by atoms with Crippen molar-refractivity contribution in [1.29, 1.82) is 0 Å². The Kier molecular flexibility index (Phi) is 6.48. The van der Waals surface area contributed by atoms with Gasteiger partial charge in [-0.05, 0) is 67.2 Å². The van der Waals surface area contributed by atoms with Crippen molar-refractivity contribution in [2.24, 2.45) is 0 Å². The Hall–Kier alpha value is -3.30. The molecular weight excluding hydrogens is 446 g/mol. The number of thiophene rings is 1. The molecule has 7 nitrogen and oxygen atoms in total. The fourth-order valence-corrected chi connectivity index (χ4v) is 5.41. The van der Waals surface area contributed by atoms with Crippen LogP contribution in [-0.4, -0.2) is 23.1 Å². The Balaban J connectivity index is 1.51. The molecule has 32 heavy (non-hydrogen) atoms. The molecule has 0 radical (unpaired) electrons. The van der Waals surface area contributed by atoms with Gasteiger partial charge in [0.15, 0.2) is 5.11 Å². The number of carbonyl (C=O) groups is 1. The number of nitrogens with one attached hydrogen (secondary N) is 2. The number of para-hydroxylation sites is 1. The summed E-state index contributed by atoms with van der Waals surface area (Å²) in [5, 5.41) is 18.6. The van der Waals surface area contributed by atoms with Gasteiger partial charge in [-0.2, -0.15) is 0 Å². The van der Waals surface area contributed by atoms with Gasteiger partial charge in [0.1, 0.15) is 5.00 Å². The molecule has 1 heterocycles. The molecule has 3 aromatic rings. The fraction of sp³-hybridized carbons (Fsp3) is 0.217. The number of benzene rings is 2. The number of nitro benzene ring substituents is 1. The van der Waals surface area contributed by atoms with Crippen LogP contribution >= 0.6 is 23.6 Å². The molecule has 1 aliphatic carbocycles. The van der Waals surface area contributed by atoms with Gasteiger partial charge in [0, 0.05) is 16.6 Å². The first-order valence-electron chi connectivity index (χ1n) is 10.1. The normalized spacial score (nSPS) is 12.5. The zero-order valence-electron chi connectivity index (χ0n) is 17.3. The van der Waals surface area contributed by atoms with Crippen molar-refractivity contribution in [2.75, 3.05) is 17.7 Å². The lowest BCUT2D eigenvalue weighted by atomic mass is 9.95. The van der Waals surface area contributed by atoms with Crippen LogP contribution in [0.15, 0.2) is 48.5 Å². The Morgan fingerprint density at radius 3 is 2.53 bits per heavy atom. The number of ether oxygens (including phenoxy) is 1. The SMILES string of the molecule is COC(=O)c1c(NC(=S)Nc2ccc(-c3ccccc3[N+](=O)[O-])cc2)sc2c1CCCC2. The number of rotatable bonds is 5. The molecule has 0 unspecified atom stereocenters. The molecule has 0 fully saturated rings. The third kappa shape index (κ3) is 4.49. The van der Waals surface area contributed by atoms with Gasteiger partial charge >= 0.3 is 5.97 Å². The zero-order chi connectivity index (χ0) is 22.7. The van der Waals surface area contributed by atoms with Crippen molar-refractivity contribution in [3.8, 4) is 11.1 Å². The van der Waals surface area contributed by atoms with Gasteiger partial charge < -0.3 is 15.4 Å². The molecule has 2 aromatic carbocycles. The first kappa shape index (κ1) is 21.9. The maximum Gasteiger partial charge on any atom is 0.341 e. The van der Waals surface area contributed by atoms with E-state index in [4.69, 9.17) is 17.0 Å². The van der Waals surface area contributed by atoms with E-state index in [1.54, 1.807) is 53.8 Å². The maximum atomic E-state index is 12.4.